The summed E-state index contributed by atoms with van der Waals surface area (Å²) in [6.45, 7) is 3.15. The molecule has 1 aliphatic rings. The molecule has 2 amide bonds. The number of hydrogen-bond acceptors (Lipinski definition) is 3. The summed E-state index contributed by atoms with van der Waals surface area (Å²) in [6.07, 6.45) is 2.11. The van der Waals surface area contributed by atoms with Crippen LogP contribution in [0.5, 0.6) is 0 Å². The summed E-state index contributed by atoms with van der Waals surface area (Å²) in [5.41, 5.74) is 4.73. The molecule has 0 radical (unpaired) electrons. The first-order valence-corrected chi connectivity index (χ1v) is 10.7. The van der Waals surface area contributed by atoms with Gasteiger partial charge in [0, 0.05) is 23.5 Å². The molecule has 1 atom stereocenters. The highest BCUT2D eigenvalue weighted by Gasteiger charge is 2.19. The lowest BCUT2D eigenvalue weighted by Crippen LogP contribution is -2.36. The molecule has 0 saturated carbocycles. The molecule has 0 saturated heterocycles. The highest BCUT2D eigenvalue weighted by Crippen LogP contribution is 2.26. The number of fused-ring (bicyclic) bond motifs is 1. The van der Waals surface area contributed by atoms with E-state index in [1.807, 2.05) is 49.4 Å². The van der Waals surface area contributed by atoms with Crippen molar-refractivity contribution >= 4 is 23.2 Å². The van der Waals surface area contributed by atoms with E-state index in [1.54, 1.807) is 24.3 Å². The summed E-state index contributed by atoms with van der Waals surface area (Å²) in [4.78, 5) is 27.2. The molecule has 1 unspecified atom stereocenters. The Balaban J connectivity index is 1.33. The molecule has 0 fully saturated rings. The minimum Gasteiger partial charge on any atom is -0.362 e. The average molecular weight is 414 g/mol. The molecule has 4 rings (SSSR count). The second-order valence-corrected chi connectivity index (χ2v) is 7.89. The molecule has 1 aliphatic heterocycles. The number of carbonyl (C=O) groups excluding carboxylic acids is 2. The van der Waals surface area contributed by atoms with E-state index in [0.717, 1.165) is 30.6 Å². The van der Waals surface area contributed by atoms with Gasteiger partial charge in [0.05, 0.1) is 12.6 Å². The zero-order chi connectivity index (χ0) is 21.6. The highest BCUT2D eigenvalue weighted by atomic mass is 16.2. The van der Waals surface area contributed by atoms with Gasteiger partial charge in [-0.3, -0.25) is 9.59 Å². The van der Waals surface area contributed by atoms with E-state index in [1.165, 1.54) is 5.56 Å². The number of hydrogen-bond donors (Lipinski definition) is 2. The van der Waals surface area contributed by atoms with Gasteiger partial charge < -0.3 is 15.5 Å². The van der Waals surface area contributed by atoms with Crippen molar-refractivity contribution in [3.63, 3.8) is 0 Å². The Morgan fingerprint density at radius 1 is 0.935 bits per heavy atom. The maximum absolute atomic E-state index is 12.6. The fraction of sp³-hybridized carbons (Fsp3) is 0.231. The SMILES string of the molecule is CC(NC(=O)c1ccc(NC(=O)CN2CCCc3ccccc32)cc1)c1ccccc1. The molecule has 31 heavy (non-hydrogen) atoms. The van der Waals surface area contributed by atoms with Gasteiger partial charge in [0.1, 0.15) is 0 Å². The highest BCUT2D eigenvalue weighted by molar-refractivity contribution is 5.97. The van der Waals surface area contributed by atoms with Crippen LogP contribution in [-0.4, -0.2) is 24.9 Å². The van der Waals surface area contributed by atoms with Crippen molar-refractivity contribution in [2.45, 2.75) is 25.8 Å². The van der Waals surface area contributed by atoms with E-state index in [9.17, 15) is 9.59 Å². The average Bonchev–Trinajstić information content (AvgIpc) is 2.80. The molecule has 0 aromatic heterocycles. The second-order valence-electron chi connectivity index (χ2n) is 7.89. The summed E-state index contributed by atoms with van der Waals surface area (Å²) >= 11 is 0. The van der Waals surface area contributed by atoms with Crippen LogP contribution in [0.25, 0.3) is 0 Å². The third-order valence-corrected chi connectivity index (χ3v) is 5.62. The standard InChI is InChI=1S/C26H27N3O2/c1-19(20-8-3-2-4-9-20)27-26(31)22-13-15-23(16-14-22)28-25(30)18-29-17-7-11-21-10-5-6-12-24(21)29/h2-6,8-10,12-16,19H,7,11,17-18H2,1H3,(H,27,31)(H,28,30). The number of benzene rings is 3. The smallest absolute Gasteiger partial charge is 0.251 e. The lowest BCUT2D eigenvalue weighted by molar-refractivity contribution is -0.115. The molecule has 5 heteroatoms. The summed E-state index contributed by atoms with van der Waals surface area (Å²) in [5, 5.41) is 5.94. The fourth-order valence-corrected chi connectivity index (χ4v) is 3.96. The van der Waals surface area contributed by atoms with E-state index in [0.29, 0.717) is 17.8 Å². The second kappa shape index (κ2) is 9.47. The van der Waals surface area contributed by atoms with E-state index >= 15 is 0 Å². The number of carbonyl (C=O) groups is 2. The van der Waals surface area contributed by atoms with Gasteiger partial charge in [-0.15, -0.1) is 0 Å². The number of aryl methyl sites for hydroxylation is 1. The first-order chi connectivity index (χ1) is 15.1. The van der Waals surface area contributed by atoms with Crippen molar-refractivity contribution < 1.29 is 9.59 Å². The maximum Gasteiger partial charge on any atom is 0.251 e. The Labute approximate surface area is 183 Å². The number of anilines is 2. The van der Waals surface area contributed by atoms with Crippen molar-refractivity contribution in [1.29, 1.82) is 0 Å². The van der Waals surface area contributed by atoms with E-state index < -0.39 is 0 Å². The van der Waals surface area contributed by atoms with Crippen LogP contribution in [0.1, 0.15) is 40.9 Å². The van der Waals surface area contributed by atoms with Crippen LogP contribution in [0.2, 0.25) is 0 Å². The first-order valence-electron chi connectivity index (χ1n) is 10.7. The lowest BCUT2D eigenvalue weighted by atomic mass is 10.0. The minimum absolute atomic E-state index is 0.0633. The van der Waals surface area contributed by atoms with Gasteiger partial charge in [-0.1, -0.05) is 48.5 Å². The van der Waals surface area contributed by atoms with Crippen LogP contribution in [-0.2, 0) is 11.2 Å². The molecule has 3 aromatic rings. The van der Waals surface area contributed by atoms with Crippen molar-refractivity contribution in [3.8, 4) is 0 Å². The Kier molecular flexibility index (Phi) is 6.32. The Hall–Kier alpha value is -3.60. The predicted octanol–water partition coefficient (Wildman–Crippen LogP) is 4.57. The van der Waals surface area contributed by atoms with Gasteiger partial charge in [0.2, 0.25) is 5.91 Å². The predicted molar refractivity (Wildman–Crippen MR) is 124 cm³/mol. The van der Waals surface area contributed by atoms with E-state index in [4.69, 9.17) is 0 Å². The van der Waals surface area contributed by atoms with E-state index in [2.05, 4.69) is 27.7 Å². The molecular formula is C26H27N3O2. The number of para-hydroxylation sites is 1. The van der Waals surface area contributed by atoms with Gasteiger partial charge in [-0.05, 0) is 61.2 Å². The zero-order valence-electron chi connectivity index (χ0n) is 17.7. The van der Waals surface area contributed by atoms with Crippen LogP contribution in [0.15, 0.2) is 78.9 Å². The summed E-state index contributed by atoms with van der Waals surface area (Å²) < 4.78 is 0. The van der Waals surface area contributed by atoms with Crippen molar-refractivity contribution in [1.82, 2.24) is 5.32 Å². The molecule has 0 bridgehead atoms. The topological polar surface area (TPSA) is 61.4 Å². The molecule has 158 valence electrons. The Morgan fingerprint density at radius 3 is 2.42 bits per heavy atom. The van der Waals surface area contributed by atoms with Gasteiger partial charge in [-0.25, -0.2) is 0 Å². The molecule has 0 spiro atoms. The van der Waals surface area contributed by atoms with Crippen molar-refractivity contribution in [3.05, 3.63) is 95.6 Å². The van der Waals surface area contributed by atoms with Crippen LogP contribution < -0.4 is 15.5 Å². The van der Waals surface area contributed by atoms with Crippen molar-refractivity contribution in [2.75, 3.05) is 23.3 Å². The van der Waals surface area contributed by atoms with Gasteiger partial charge in [0.25, 0.3) is 5.91 Å². The van der Waals surface area contributed by atoms with E-state index in [-0.39, 0.29) is 17.9 Å². The minimum atomic E-state index is -0.140. The normalized spacial score (nSPS) is 13.8. The van der Waals surface area contributed by atoms with Crippen LogP contribution in [0, 0.1) is 0 Å². The number of rotatable bonds is 6. The lowest BCUT2D eigenvalue weighted by Gasteiger charge is -2.30. The molecule has 0 aliphatic carbocycles. The van der Waals surface area contributed by atoms with Crippen LogP contribution >= 0.6 is 0 Å². The number of nitrogens with zero attached hydrogens (tertiary/aromatic N) is 1. The zero-order valence-corrected chi connectivity index (χ0v) is 17.7. The Bertz CT molecular complexity index is 1050. The quantitative estimate of drug-likeness (QED) is 0.622. The molecule has 2 N–H and O–H groups in total. The van der Waals surface area contributed by atoms with Crippen molar-refractivity contribution in [2.24, 2.45) is 0 Å². The molecular weight excluding hydrogens is 386 g/mol. The largest absolute Gasteiger partial charge is 0.362 e. The number of amides is 2. The first kappa shape index (κ1) is 20.7. The molecule has 5 nitrogen and oxygen atoms in total. The maximum atomic E-state index is 12.6. The fourth-order valence-electron chi connectivity index (χ4n) is 3.96. The van der Waals surface area contributed by atoms with Gasteiger partial charge in [-0.2, -0.15) is 0 Å². The monoisotopic (exact) mass is 413 g/mol. The third kappa shape index (κ3) is 5.12. The van der Waals surface area contributed by atoms with Gasteiger partial charge >= 0.3 is 0 Å². The summed E-state index contributed by atoms with van der Waals surface area (Å²) in [7, 11) is 0. The van der Waals surface area contributed by atoms with Crippen LogP contribution in [0.4, 0.5) is 11.4 Å². The van der Waals surface area contributed by atoms with Gasteiger partial charge in [0.15, 0.2) is 0 Å². The molecule has 3 aromatic carbocycles. The molecule has 1 heterocycles. The third-order valence-electron chi connectivity index (χ3n) is 5.62. The number of nitrogens with one attached hydrogen (secondary N) is 2. The summed E-state index contributed by atoms with van der Waals surface area (Å²) in [5.74, 6) is -0.203. The van der Waals surface area contributed by atoms with Crippen LogP contribution in [0.3, 0.4) is 0 Å². The summed E-state index contributed by atoms with van der Waals surface area (Å²) in [6, 6.07) is 25.0. The Morgan fingerprint density at radius 2 is 1.65 bits per heavy atom.